The summed E-state index contributed by atoms with van der Waals surface area (Å²) in [5, 5.41) is 0. The van der Waals surface area contributed by atoms with E-state index in [0.29, 0.717) is 16.3 Å². The first-order chi connectivity index (χ1) is 8.95. The summed E-state index contributed by atoms with van der Waals surface area (Å²) < 4.78 is 16.4. The van der Waals surface area contributed by atoms with Gasteiger partial charge in [0.05, 0.1) is 21.4 Å². The molecule has 0 amide bonds. The summed E-state index contributed by atoms with van der Waals surface area (Å²) in [7, 11) is 0. The molecule has 2 nitrogen and oxygen atoms in total. The van der Waals surface area contributed by atoms with E-state index in [9.17, 15) is 4.39 Å². The lowest BCUT2D eigenvalue weighted by Gasteiger charge is -2.29. The van der Waals surface area contributed by atoms with E-state index in [-0.39, 0.29) is 11.4 Å². The summed E-state index contributed by atoms with van der Waals surface area (Å²) >= 11 is 9.23. The molecule has 1 saturated carbocycles. The molecule has 19 heavy (non-hydrogen) atoms. The fourth-order valence-corrected chi connectivity index (χ4v) is 3.34. The first-order valence-electron chi connectivity index (χ1n) is 6.38. The van der Waals surface area contributed by atoms with Crippen LogP contribution in [0.15, 0.2) is 16.6 Å². The summed E-state index contributed by atoms with van der Waals surface area (Å²) in [5.74, 6) is 1.51. The van der Waals surface area contributed by atoms with Gasteiger partial charge in [-0.25, -0.2) is 9.37 Å². The van der Waals surface area contributed by atoms with E-state index in [1.165, 1.54) is 12.8 Å². The fraction of sp³-hybridized carbons (Fsp3) is 0.500. The standard InChI is InChI=1S/C14H15BrClFN2/c1-14(2,8-3-4-8)19-12-6-10(17)9(15)5-11(12)18-13(19)7-16/h5-6,8H,3-4,7H2,1-2H3. The Morgan fingerprint density at radius 3 is 2.74 bits per heavy atom. The predicted octanol–water partition coefficient (Wildman–Crippen LogP) is 4.82. The van der Waals surface area contributed by atoms with Crippen molar-refractivity contribution >= 4 is 38.6 Å². The third kappa shape index (κ3) is 2.09. The average Bonchev–Trinajstić information content (AvgIpc) is 3.13. The zero-order chi connectivity index (χ0) is 13.8. The lowest BCUT2D eigenvalue weighted by Crippen LogP contribution is -2.30. The number of nitrogens with zero attached hydrogens (tertiary/aromatic N) is 2. The van der Waals surface area contributed by atoms with Crippen LogP contribution in [0.5, 0.6) is 0 Å². The van der Waals surface area contributed by atoms with Gasteiger partial charge in [0.25, 0.3) is 0 Å². The van der Waals surface area contributed by atoms with Crippen LogP contribution in [0.4, 0.5) is 4.39 Å². The smallest absolute Gasteiger partial charge is 0.139 e. The Morgan fingerprint density at radius 1 is 1.47 bits per heavy atom. The minimum absolute atomic E-state index is 0.0702. The minimum Gasteiger partial charge on any atom is -0.321 e. The van der Waals surface area contributed by atoms with Crippen LogP contribution >= 0.6 is 27.5 Å². The van der Waals surface area contributed by atoms with Crippen molar-refractivity contribution in [2.75, 3.05) is 0 Å². The zero-order valence-corrected chi connectivity index (χ0v) is 13.2. The molecule has 0 saturated heterocycles. The highest BCUT2D eigenvalue weighted by Crippen LogP contribution is 2.46. The second-order valence-corrected chi connectivity index (χ2v) is 6.80. The molecule has 0 atom stereocenters. The van der Waals surface area contributed by atoms with E-state index in [1.54, 1.807) is 12.1 Å². The van der Waals surface area contributed by atoms with E-state index >= 15 is 0 Å². The Morgan fingerprint density at radius 2 is 2.16 bits per heavy atom. The molecule has 2 aromatic rings. The van der Waals surface area contributed by atoms with E-state index in [0.717, 1.165) is 16.9 Å². The Balaban J connectivity index is 2.29. The van der Waals surface area contributed by atoms with Gasteiger partial charge in [-0.2, -0.15) is 0 Å². The molecule has 1 aliphatic rings. The van der Waals surface area contributed by atoms with Gasteiger partial charge < -0.3 is 4.57 Å². The third-order valence-electron chi connectivity index (χ3n) is 4.04. The van der Waals surface area contributed by atoms with Gasteiger partial charge in [0.15, 0.2) is 0 Å². The molecule has 5 heteroatoms. The van der Waals surface area contributed by atoms with Crippen molar-refractivity contribution < 1.29 is 4.39 Å². The summed E-state index contributed by atoms with van der Waals surface area (Å²) in [6.45, 7) is 4.36. The SMILES string of the molecule is CC(C)(C1CC1)n1c(CCl)nc2cc(Br)c(F)cc21. The van der Waals surface area contributed by atoms with Crippen LogP contribution in [0, 0.1) is 11.7 Å². The molecule has 1 heterocycles. The van der Waals surface area contributed by atoms with E-state index in [2.05, 4.69) is 39.3 Å². The highest BCUT2D eigenvalue weighted by atomic mass is 79.9. The molecule has 1 aromatic carbocycles. The van der Waals surface area contributed by atoms with E-state index in [1.807, 2.05) is 0 Å². The van der Waals surface area contributed by atoms with Gasteiger partial charge >= 0.3 is 0 Å². The maximum absolute atomic E-state index is 13.8. The van der Waals surface area contributed by atoms with E-state index in [4.69, 9.17) is 11.6 Å². The summed E-state index contributed by atoms with van der Waals surface area (Å²) in [6.07, 6.45) is 2.43. The number of fused-ring (bicyclic) bond motifs is 1. The number of imidazole rings is 1. The molecule has 3 rings (SSSR count). The van der Waals surface area contributed by atoms with Crippen LogP contribution in [0.3, 0.4) is 0 Å². The maximum atomic E-state index is 13.8. The van der Waals surface area contributed by atoms with Crippen LogP contribution < -0.4 is 0 Å². The molecule has 1 aromatic heterocycles. The lowest BCUT2D eigenvalue weighted by molar-refractivity contribution is 0.306. The molecule has 0 unspecified atom stereocenters. The van der Waals surface area contributed by atoms with Gasteiger partial charge in [0.1, 0.15) is 11.6 Å². The monoisotopic (exact) mass is 344 g/mol. The number of rotatable bonds is 3. The second-order valence-electron chi connectivity index (χ2n) is 5.68. The first kappa shape index (κ1) is 13.4. The molecular formula is C14H15BrClFN2. The summed E-state index contributed by atoms with van der Waals surface area (Å²) in [6, 6.07) is 3.27. The van der Waals surface area contributed by atoms with E-state index < -0.39 is 0 Å². The number of aromatic nitrogens is 2. The Hall–Kier alpha value is -0.610. The van der Waals surface area contributed by atoms with Crippen molar-refractivity contribution in [1.29, 1.82) is 0 Å². The maximum Gasteiger partial charge on any atom is 0.139 e. The van der Waals surface area contributed by atoms with Gasteiger partial charge in [-0.05, 0) is 54.6 Å². The third-order valence-corrected chi connectivity index (χ3v) is 4.89. The number of hydrogen-bond acceptors (Lipinski definition) is 1. The molecular weight excluding hydrogens is 331 g/mol. The van der Waals surface area contributed by atoms with Crippen LogP contribution in [0.2, 0.25) is 0 Å². The number of alkyl halides is 1. The topological polar surface area (TPSA) is 17.8 Å². The summed E-state index contributed by atoms with van der Waals surface area (Å²) in [5.41, 5.74) is 1.55. The van der Waals surface area contributed by atoms with Crippen LogP contribution in [0.1, 0.15) is 32.5 Å². The van der Waals surface area contributed by atoms with Gasteiger partial charge in [0, 0.05) is 11.6 Å². The molecule has 0 spiro atoms. The Kier molecular flexibility index (Phi) is 3.13. The van der Waals surface area contributed by atoms with Crippen molar-refractivity contribution in [2.24, 2.45) is 5.92 Å². The molecule has 1 aliphatic carbocycles. The quantitative estimate of drug-likeness (QED) is 0.729. The van der Waals surface area contributed by atoms with Gasteiger partial charge in [-0.1, -0.05) is 0 Å². The first-order valence-corrected chi connectivity index (χ1v) is 7.70. The highest BCUT2D eigenvalue weighted by Gasteiger charge is 2.41. The Bertz CT molecular complexity index is 646. The molecule has 0 N–H and O–H groups in total. The molecule has 0 bridgehead atoms. The summed E-state index contributed by atoms with van der Waals surface area (Å²) in [4.78, 5) is 4.54. The van der Waals surface area contributed by atoms with Gasteiger partial charge in [-0.15, -0.1) is 11.6 Å². The number of benzene rings is 1. The van der Waals surface area contributed by atoms with Crippen molar-refractivity contribution in [2.45, 2.75) is 38.1 Å². The molecule has 1 fully saturated rings. The number of halogens is 3. The van der Waals surface area contributed by atoms with Gasteiger partial charge in [0.2, 0.25) is 0 Å². The van der Waals surface area contributed by atoms with Crippen molar-refractivity contribution in [3.63, 3.8) is 0 Å². The van der Waals surface area contributed by atoms with Gasteiger partial charge in [-0.3, -0.25) is 0 Å². The molecule has 0 radical (unpaired) electrons. The van der Waals surface area contributed by atoms with Crippen LogP contribution in [-0.4, -0.2) is 9.55 Å². The molecule has 102 valence electrons. The van der Waals surface area contributed by atoms with Crippen molar-refractivity contribution in [1.82, 2.24) is 9.55 Å². The van der Waals surface area contributed by atoms with Crippen molar-refractivity contribution in [3.8, 4) is 0 Å². The van der Waals surface area contributed by atoms with Crippen molar-refractivity contribution in [3.05, 3.63) is 28.2 Å². The van der Waals surface area contributed by atoms with Crippen LogP contribution in [-0.2, 0) is 11.4 Å². The highest BCUT2D eigenvalue weighted by molar-refractivity contribution is 9.10. The Labute approximate surface area is 125 Å². The normalized spacial score (nSPS) is 16.3. The predicted molar refractivity (Wildman–Crippen MR) is 79.0 cm³/mol. The molecule has 0 aliphatic heterocycles. The fourth-order valence-electron chi connectivity index (χ4n) is 2.83. The average molecular weight is 346 g/mol. The lowest BCUT2D eigenvalue weighted by atomic mass is 9.97. The number of hydrogen-bond donors (Lipinski definition) is 0. The minimum atomic E-state index is -0.263. The van der Waals surface area contributed by atoms with Crippen LogP contribution in [0.25, 0.3) is 11.0 Å². The zero-order valence-electron chi connectivity index (χ0n) is 10.9. The second kappa shape index (κ2) is 4.45. The largest absolute Gasteiger partial charge is 0.321 e.